The molecule has 0 fully saturated rings. The van der Waals surface area contributed by atoms with E-state index in [1.165, 1.54) is 4.90 Å². The number of rotatable bonds is 9. The molecule has 5 nitrogen and oxygen atoms in total. The number of quaternary nitrogens is 1. The predicted molar refractivity (Wildman–Crippen MR) is 111 cm³/mol. The van der Waals surface area contributed by atoms with Crippen LogP contribution in [0.15, 0.2) is 48.5 Å². The molecule has 6 heteroatoms. The van der Waals surface area contributed by atoms with Gasteiger partial charge in [-0.25, -0.2) is 0 Å². The van der Waals surface area contributed by atoms with E-state index >= 15 is 0 Å². The van der Waals surface area contributed by atoms with Crippen molar-refractivity contribution in [2.24, 2.45) is 0 Å². The van der Waals surface area contributed by atoms with Gasteiger partial charge in [0, 0.05) is 13.0 Å². The van der Waals surface area contributed by atoms with Crippen LogP contribution in [0, 0.1) is 0 Å². The van der Waals surface area contributed by atoms with Crippen LogP contribution in [0.3, 0.4) is 0 Å². The summed E-state index contributed by atoms with van der Waals surface area (Å²) in [4.78, 5) is 1.43. The van der Waals surface area contributed by atoms with Crippen molar-refractivity contribution >= 4 is 23.0 Å². The Morgan fingerprint density at radius 1 is 1.04 bits per heavy atom. The highest BCUT2D eigenvalue weighted by Gasteiger charge is 2.07. The third kappa shape index (κ3) is 6.90. The van der Waals surface area contributed by atoms with Crippen molar-refractivity contribution in [1.29, 1.82) is 0 Å². The van der Waals surface area contributed by atoms with E-state index in [2.05, 4.69) is 24.7 Å². The molecule has 0 aliphatic heterocycles. The van der Waals surface area contributed by atoms with Crippen LogP contribution in [-0.4, -0.2) is 38.9 Å². The summed E-state index contributed by atoms with van der Waals surface area (Å²) in [6.45, 7) is 4.56. The number of anilines is 1. The molecule has 2 aromatic rings. The SMILES string of the molecule is CCOc1ccc(Oc2ccccc2NC(=S)NCCC[NH+](C)C)cc1. The molecule has 0 amide bonds. The fourth-order valence-electron chi connectivity index (χ4n) is 2.37. The lowest BCUT2D eigenvalue weighted by Gasteiger charge is -2.15. The van der Waals surface area contributed by atoms with Crippen LogP contribution in [0.4, 0.5) is 5.69 Å². The van der Waals surface area contributed by atoms with Crippen LogP contribution in [0.25, 0.3) is 0 Å². The summed E-state index contributed by atoms with van der Waals surface area (Å²) in [5.74, 6) is 2.30. The van der Waals surface area contributed by atoms with E-state index in [0.717, 1.165) is 42.4 Å². The van der Waals surface area contributed by atoms with Gasteiger partial charge in [0.2, 0.25) is 0 Å². The molecule has 140 valence electrons. The maximum absolute atomic E-state index is 5.99. The molecule has 0 saturated heterocycles. The first-order chi connectivity index (χ1) is 12.6. The molecule has 0 heterocycles. The van der Waals surface area contributed by atoms with Crippen LogP contribution in [0.2, 0.25) is 0 Å². The number of ether oxygens (including phenoxy) is 2. The number of para-hydroxylation sites is 2. The first-order valence-electron chi connectivity index (χ1n) is 8.92. The van der Waals surface area contributed by atoms with Gasteiger partial charge in [0.05, 0.1) is 32.9 Å². The van der Waals surface area contributed by atoms with Crippen molar-refractivity contribution in [2.45, 2.75) is 13.3 Å². The maximum Gasteiger partial charge on any atom is 0.170 e. The number of thiocarbonyl (C=S) groups is 1. The van der Waals surface area contributed by atoms with Crippen LogP contribution in [0.5, 0.6) is 17.2 Å². The summed E-state index contributed by atoms with van der Waals surface area (Å²) in [7, 11) is 4.29. The Morgan fingerprint density at radius 3 is 2.42 bits per heavy atom. The van der Waals surface area contributed by atoms with E-state index in [0.29, 0.717) is 11.7 Å². The van der Waals surface area contributed by atoms with Gasteiger partial charge in [-0.15, -0.1) is 0 Å². The van der Waals surface area contributed by atoms with Gasteiger partial charge >= 0.3 is 0 Å². The van der Waals surface area contributed by atoms with E-state index in [9.17, 15) is 0 Å². The molecule has 0 atom stereocenters. The largest absolute Gasteiger partial charge is 0.494 e. The number of hydrogen-bond donors (Lipinski definition) is 3. The fraction of sp³-hybridized carbons (Fsp3) is 0.350. The Labute approximate surface area is 161 Å². The fourth-order valence-corrected chi connectivity index (χ4v) is 2.58. The van der Waals surface area contributed by atoms with Crippen molar-refractivity contribution in [3.8, 4) is 17.2 Å². The molecule has 2 aromatic carbocycles. The monoisotopic (exact) mass is 374 g/mol. The van der Waals surface area contributed by atoms with Gasteiger partial charge in [0.25, 0.3) is 0 Å². The molecule has 26 heavy (non-hydrogen) atoms. The average Bonchev–Trinajstić information content (AvgIpc) is 2.62. The van der Waals surface area contributed by atoms with Crippen LogP contribution < -0.4 is 25.0 Å². The highest BCUT2D eigenvalue weighted by Crippen LogP contribution is 2.30. The topological polar surface area (TPSA) is 47.0 Å². The van der Waals surface area contributed by atoms with Gasteiger partial charge in [0.15, 0.2) is 10.9 Å². The summed E-state index contributed by atoms with van der Waals surface area (Å²) in [5, 5.41) is 7.05. The van der Waals surface area contributed by atoms with Gasteiger partial charge in [-0.3, -0.25) is 0 Å². The minimum Gasteiger partial charge on any atom is -0.494 e. The molecule has 0 saturated carbocycles. The molecule has 0 radical (unpaired) electrons. The first kappa shape index (κ1) is 20.0. The minimum atomic E-state index is 0.599. The summed E-state index contributed by atoms with van der Waals surface area (Å²) < 4.78 is 11.4. The quantitative estimate of drug-likeness (QED) is 0.465. The number of nitrogens with one attached hydrogen (secondary N) is 3. The van der Waals surface area contributed by atoms with Gasteiger partial charge in [-0.2, -0.15) is 0 Å². The van der Waals surface area contributed by atoms with E-state index in [-0.39, 0.29) is 0 Å². The Kier molecular flexibility index (Phi) is 8.18. The predicted octanol–water partition coefficient (Wildman–Crippen LogP) is 2.70. The highest BCUT2D eigenvalue weighted by molar-refractivity contribution is 7.80. The molecule has 0 spiro atoms. The summed E-state index contributed by atoms with van der Waals surface area (Å²) >= 11 is 5.38. The Hall–Kier alpha value is -2.31. The Morgan fingerprint density at radius 2 is 1.73 bits per heavy atom. The zero-order chi connectivity index (χ0) is 18.8. The lowest BCUT2D eigenvalue weighted by atomic mass is 10.3. The smallest absolute Gasteiger partial charge is 0.170 e. The van der Waals surface area contributed by atoms with Gasteiger partial charge < -0.3 is 25.0 Å². The molecule has 0 aliphatic carbocycles. The Balaban J connectivity index is 1.93. The van der Waals surface area contributed by atoms with E-state index in [4.69, 9.17) is 21.7 Å². The third-order valence-electron chi connectivity index (χ3n) is 3.64. The Bertz CT molecular complexity index is 690. The number of hydrogen-bond acceptors (Lipinski definition) is 3. The average molecular weight is 375 g/mol. The van der Waals surface area contributed by atoms with Crippen LogP contribution in [-0.2, 0) is 0 Å². The zero-order valence-corrected chi connectivity index (χ0v) is 16.5. The molecule has 0 aromatic heterocycles. The highest BCUT2D eigenvalue weighted by atomic mass is 32.1. The molecular weight excluding hydrogens is 346 g/mol. The van der Waals surface area contributed by atoms with Gasteiger partial charge in [0.1, 0.15) is 11.5 Å². The first-order valence-corrected chi connectivity index (χ1v) is 9.33. The summed E-state index contributed by atoms with van der Waals surface area (Å²) in [6.07, 6.45) is 1.06. The van der Waals surface area contributed by atoms with Crippen LogP contribution in [0.1, 0.15) is 13.3 Å². The second-order valence-corrected chi connectivity index (χ2v) is 6.60. The van der Waals surface area contributed by atoms with Crippen molar-refractivity contribution < 1.29 is 14.4 Å². The van der Waals surface area contributed by atoms with Crippen molar-refractivity contribution in [3.63, 3.8) is 0 Å². The summed E-state index contributed by atoms with van der Waals surface area (Å²) in [6, 6.07) is 15.3. The summed E-state index contributed by atoms with van der Waals surface area (Å²) in [5.41, 5.74) is 0.831. The zero-order valence-electron chi connectivity index (χ0n) is 15.7. The second kappa shape index (κ2) is 10.6. The standard InChI is InChI=1S/C20H27N3O2S/c1-4-24-16-10-12-17(13-11-16)25-19-9-6-5-8-18(19)22-20(26)21-14-7-15-23(2)3/h5-6,8-13H,4,7,14-15H2,1-3H3,(H2,21,22,26)/p+1. The maximum atomic E-state index is 5.99. The minimum absolute atomic E-state index is 0.599. The second-order valence-electron chi connectivity index (χ2n) is 6.19. The van der Waals surface area contributed by atoms with Gasteiger partial charge in [-0.1, -0.05) is 12.1 Å². The van der Waals surface area contributed by atoms with Crippen molar-refractivity contribution in [3.05, 3.63) is 48.5 Å². The lowest BCUT2D eigenvalue weighted by Crippen LogP contribution is -3.05. The normalized spacial score (nSPS) is 10.5. The molecular formula is C20H28N3O2S+. The van der Waals surface area contributed by atoms with E-state index < -0.39 is 0 Å². The lowest BCUT2D eigenvalue weighted by molar-refractivity contribution is -0.858. The molecule has 0 bridgehead atoms. The third-order valence-corrected chi connectivity index (χ3v) is 3.88. The molecule has 3 N–H and O–H groups in total. The number of benzene rings is 2. The van der Waals surface area contributed by atoms with Gasteiger partial charge in [-0.05, 0) is 55.5 Å². The van der Waals surface area contributed by atoms with Crippen molar-refractivity contribution in [2.75, 3.05) is 39.1 Å². The van der Waals surface area contributed by atoms with E-state index in [1.54, 1.807) is 0 Å². The molecule has 2 rings (SSSR count). The molecule has 0 aliphatic rings. The van der Waals surface area contributed by atoms with E-state index in [1.807, 2.05) is 55.5 Å². The molecule has 0 unspecified atom stereocenters. The van der Waals surface area contributed by atoms with Crippen molar-refractivity contribution in [1.82, 2.24) is 5.32 Å². The van der Waals surface area contributed by atoms with Crippen LogP contribution >= 0.6 is 12.2 Å².